The zero-order valence-electron chi connectivity index (χ0n) is 9.54. The van der Waals surface area contributed by atoms with E-state index in [2.05, 4.69) is 32.7 Å². The first kappa shape index (κ1) is 9.41. The molecule has 0 bridgehead atoms. The van der Waals surface area contributed by atoms with E-state index in [1.54, 1.807) is 6.20 Å². The van der Waals surface area contributed by atoms with Gasteiger partial charge in [0.05, 0.1) is 11.0 Å². The number of hydrogen-bond acceptors (Lipinski definition) is 3. The van der Waals surface area contributed by atoms with Crippen LogP contribution in [0.2, 0.25) is 0 Å². The van der Waals surface area contributed by atoms with Gasteiger partial charge in [0.2, 0.25) is 0 Å². The summed E-state index contributed by atoms with van der Waals surface area (Å²) in [5.74, 6) is 0.516. The fraction of sp³-hybridized carbons (Fsp3) is 0. The topological polar surface area (TPSA) is 56.2 Å². The van der Waals surface area contributed by atoms with Gasteiger partial charge in [-0.1, -0.05) is 24.3 Å². The number of nitrogens with two attached hydrogens (primary N) is 1. The summed E-state index contributed by atoms with van der Waals surface area (Å²) in [6.45, 7) is 0. The molecule has 0 radical (unpaired) electrons. The standard InChI is InChI=1S/C14H10N4/c15-13-12-10-5-2-1-4-9(10)8-18(12)11-6-3-7-16-14(11)17-13/h1-8H,(H2,15,16,17). The van der Waals surface area contributed by atoms with Gasteiger partial charge in [-0.25, -0.2) is 9.97 Å². The molecule has 0 aliphatic heterocycles. The molecule has 2 N–H and O–H groups in total. The first-order valence-corrected chi connectivity index (χ1v) is 5.74. The highest BCUT2D eigenvalue weighted by Crippen LogP contribution is 2.28. The van der Waals surface area contributed by atoms with E-state index in [0.717, 1.165) is 21.8 Å². The van der Waals surface area contributed by atoms with Gasteiger partial charge in [0, 0.05) is 23.2 Å². The molecule has 0 saturated carbocycles. The molecule has 0 aliphatic carbocycles. The lowest BCUT2D eigenvalue weighted by Gasteiger charge is -2.03. The summed E-state index contributed by atoms with van der Waals surface area (Å²) in [7, 11) is 0. The van der Waals surface area contributed by atoms with Crippen LogP contribution in [0.25, 0.3) is 27.5 Å². The molecule has 0 fully saturated rings. The van der Waals surface area contributed by atoms with Gasteiger partial charge in [-0.3, -0.25) is 0 Å². The molecule has 4 aromatic rings. The van der Waals surface area contributed by atoms with Crippen LogP contribution in [0.1, 0.15) is 0 Å². The normalized spacial score (nSPS) is 11.6. The van der Waals surface area contributed by atoms with E-state index < -0.39 is 0 Å². The van der Waals surface area contributed by atoms with Gasteiger partial charge < -0.3 is 10.1 Å². The zero-order valence-corrected chi connectivity index (χ0v) is 9.54. The maximum absolute atomic E-state index is 6.06. The van der Waals surface area contributed by atoms with Crippen LogP contribution in [0, 0.1) is 0 Å². The minimum absolute atomic E-state index is 0.516. The molecule has 0 amide bonds. The number of benzene rings is 1. The first-order chi connectivity index (χ1) is 8.84. The van der Waals surface area contributed by atoms with E-state index in [1.807, 2.05) is 24.3 Å². The molecule has 4 heteroatoms. The van der Waals surface area contributed by atoms with Gasteiger partial charge in [-0.15, -0.1) is 0 Å². The highest BCUT2D eigenvalue weighted by Gasteiger charge is 2.10. The Labute approximate surface area is 103 Å². The third-order valence-corrected chi connectivity index (χ3v) is 3.22. The van der Waals surface area contributed by atoms with E-state index in [9.17, 15) is 0 Å². The summed E-state index contributed by atoms with van der Waals surface area (Å²) < 4.78 is 2.06. The Kier molecular flexibility index (Phi) is 1.67. The van der Waals surface area contributed by atoms with Gasteiger partial charge in [-0.2, -0.15) is 0 Å². The quantitative estimate of drug-likeness (QED) is 0.509. The second-order valence-electron chi connectivity index (χ2n) is 4.28. The molecule has 18 heavy (non-hydrogen) atoms. The lowest BCUT2D eigenvalue weighted by molar-refractivity contribution is 1.20. The summed E-state index contributed by atoms with van der Waals surface area (Å²) in [6.07, 6.45) is 3.80. The van der Waals surface area contributed by atoms with E-state index in [1.165, 1.54) is 0 Å². The van der Waals surface area contributed by atoms with Gasteiger partial charge in [-0.05, 0) is 12.1 Å². The molecule has 0 saturated heterocycles. The van der Waals surface area contributed by atoms with Gasteiger partial charge in [0.25, 0.3) is 0 Å². The molecule has 4 rings (SSSR count). The van der Waals surface area contributed by atoms with Crippen LogP contribution in [0.15, 0.2) is 48.8 Å². The molecule has 0 spiro atoms. The molecule has 4 nitrogen and oxygen atoms in total. The molecule has 86 valence electrons. The van der Waals surface area contributed by atoms with Crippen LogP contribution in [0.4, 0.5) is 5.82 Å². The average molecular weight is 234 g/mol. The number of nitrogens with zero attached hydrogens (tertiary/aromatic N) is 3. The monoisotopic (exact) mass is 234 g/mol. The van der Waals surface area contributed by atoms with Crippen molar-refractivity contribution in [2.45, 2.75) is 0 Å². The molecule has 0 atom stereocenters. The molecule has 0 unspecified atom stereocenters. The van der Waals surface area contributed by atoms with Crippen molar-refractivity contribution in [3.05, 3.63) is 48.8 Å². The van der Waals surface area contributed by atoms with Crippen molar-refractivity contribution in [2.24, 2.45) is 0 Å². The Morgan fingerprint density at radius 1 is 1.06 bits per heavy atom. The maximum Gasteiger partial charge on any atom is 0.178 e. The predicted octanol–water partition coefficient (Wildman–Crippen LogP) is 2.62. The minimum atomic E-state index is 0.516. The Morgan fingerprint density at radius 2 is 1.94 bits per heavy atom. The summed E-state index contributed by atoms with van der Waals surface area (Å²) >= 11 is 0. The first-order valence-electron chi connectivity index (χ1n) is 5.74. The van der Waals surface area contributed by atoms with E-state index >= 15 is 0 Å². The van der Waals surface area contributed by atoms with Gasteiger partial charge in [0.1, 0.15) is 0 Å². The predicted molar refractivity (Wildman–Crippen MR) is 72.4 cm³/mol. The third kappa shape index (κ3) is 1.09. The summed E-state index contributed by atoms with van der Waals surface area (Å²) in [6, 6.07) is 12.1. The lowest BCUT2D eigenvalue weighted by atomic mass is 10.2. The van der Waals surface area contributed by atoms with Crippen LogP contribution < -0.4 is 5.73 Å². The summed E-state index contributed by atoms with van der Waals surface area (Å²) in [5, 5.41) is 2.27. The van der Waals surface area contributed by atoms with Crippen molar-refractivity contribution in [2.75, 3.05) is 5.73 Å². The molecule has 1 aromatic carbocycles. The van der Waals surface area contributed by atoms with E-state index in [0.29, 0.717) is 11.5 Å². The van der Waals surface area contributed by atoms with Crippen molar-refractivity contribution in [1.29, 1.82) is 0 Å². The number of fused-ring (bicyclic) bond motifs is 5. The number of rotatable bonds is 0. The number of nitrogen functional groups attached to an aromatic ring is 1. The van der Waals surface area contributed by atoms with Crippen molar-refractivity contribution in [3.63, 3.8) is 0 Å². The van der Waals surface area contributed by atoms with Crippen LogP contribution in [-0.4, -0.2) is 14.4 Å². The van der Waals surface area contributed by atoms with Crippen molar-refractivity contribution in [1.82, 2.24) is 14.4 Å². The number of hydrogen-bond donors (Lipinski definition) is 1. The highest BCUT2D eigenvalue weighted by atomic mass is 15.0. The van der Waals surface area contributed by atoms with Gasteiger partial charge in [0.15, 0.2) is 11.5 Å². The molecule has 0 aliphatic rings. The summed E-state index contributed by atoms with van der Waals surface area (Å²) in [5.41, 5.74) is 8.65. The average Bonchev–Trinajstić information content (AvgIpc) is 2.79. The minimum Gasteiger partial charge on any atom is -0.382 e. The SMILES string of the molecule is Nc1nc2ncccc2n2cc3ccccc3c12. The Hall–Kier alpha value is -2.62. The van der Waals surface area contributed by atoms with Crippen molar-refractivity contribution >= 4 is 33.3 Å². The Morgan fingerprint density at radius 3 is 2.89 bits per heavy atom. The van der Waals surface area contributed by atoms with Crippen LogP contribution in [-0.2, 0) is 0 Å². The molecule has 3 heterocycles. The fourth-order valence-corrected chi connectivity index (χ4v) is 2.44. The molecular weight excluding hydrogens is 224 g/mol. The maximum atomic E-state index is 6.06. The Bertz CT molecular complexity index is 892. The van der Waals surface area contributed by atoms with Crippen LogP contribution in [0.3, 0.4) is 0 Å². The third-order valence-electron chi connectivity index (χ3n) is 3.22. The number of anilines is 1. The fourth-order valence-electron chi connectivity index (χ4n) is 2.44. The van der Waals surface area contributed by atoms with Crippen molar-refractivity contribution in [3.8, 4) is 0 Å². The van der Waals surface area contributed by atoms with Crippen LogP contribution >= 0.6 is 0 Å². The van der Waals surface area contributed by atoms with Crippen molar-refractivity contribution < 1.29 is 0 Å². The number of pyridine rings is 1. The van der Waals surface area contributed by atoms with Gasteiger partial charge >= 0.3 is 0 Å². The van der Waals surface area contributed by atoms with E-state index in [-0.39, 0.29) is 0 Å². The second kappa shape index (κ2) is 3.20. The largest absolute Gasteiger partial charge is 0.382 e. The zero-order chi connectivity index (χ0) is 12.1. The second-order valence-corrected chi connectivity index (χ2v) is 4.28. The lowest BCUT2D eigenvalue weighted by Crippen LogP contribution is -1.98. The number of aromatic nitrogens is 3. The Balaban J connectivity index is 2.38. The molecule has 3 aromatic heterocycles. The molecular formula is C14H10N4. The smallest absolute Gasteiger partial charge is 0.178 e. The summed E-state index contributed by atoms with van der Waals surface area (Å²) in [4.78, 5) is 8.62. The van der Waals surface area contributed by atoms with E-state index in [4.69, 9.17) is 5.73 Å². The highest BCUT2D eigenvalue weighted by molar-refractivity contribution is 6.04. The van der Waals surface area contributed by atoms with Crippen LogP contribution in [0.5, 0.6) is 0 Å².